The van der Waals surface area contributed by atoms with Gasteiger partial charge >= 0.3 is 5.97 Å². The zero-order valence-corrected chi connectivity index (χ0v) is 12.2. The van der Waals surface area contributed by atoms with Crippen molar-refractivity contribution in [1.29, 1.82) is 0 Å². The zero-order chi connectivity index (χ0) is 14.0. The predicted molar refractivity (Wildman–Crippen MR) is 71.3 cm³/mol. The molecule has 2 rings (SSSR count). The molecule has 0 saturated heterocycles. The van der Waals surface area contributed by atoms with Gasteiger partial charge in [0.1, 0.15) is 0 Å². The first-order chi connectivity index (χ1) is 8.93. The van der Waals surface area contributed by atoms with Crippen molar-refractivity contribution < 1.29 is 18.3 Å². The second-order valence-electron chi connectivity index (χ2n) is 4.69. The largest absolute Gasteiger partial charge is 0.481 e. The average Bonchev–Trinajstić information content (AvgIpc) is 2.98. The Kier molecular flexibility index (Phi) is 4.22. The standard InChI is InChI=1S/C11H16N2O4S2/c1-13(5-8-6-18-7-12-8)19(16,17)10-4-2-3-9(10)11(14)15/h6-7,9-10H,2-5H2,1H3,(H,14,15). The van der Waals surface area contributed by atoms with Crippen LogP contribution in [0.5, 0.6) is 0 Å². The molecule has 6 nitrogen and oxygen atoms in total. The van der Waals surface area contributed by atoms with E-state index in [0.717, 1.165) is 0 Å². The minimum atomic E-state index is -3.59. The molecule has 2 unspecified atom stereocenters. The fourth-order valence-corrected chi connectivity index (χ4v) is 4.89. The number of aliphatic carboxylic acids is 1. The van der Waals surface area contributed by atoms with E-state index < -0.39 is 27.2 Å². The van der Waals surface area contributed by atoms with E-state index in [2.05, 4.69) is 4.98 Å². The van der Waals surface area contributed by atoms with Gasteiger partial charge in [-0.1, -0.05) is 6.42 Å². The van der Waals surface area contributed by atoms with Gasteiger partial charge in [0.2, 0.25) is 10.0 Å². The molecule has 1 heterocycles. The highest BCUT2D eigenvalue weighted by molar-refractivity contribution is 7.89. The molecule has 1 aromatic rings. The summed E-state index contributed by atoms with van der Waals surface area (Å²) in [6.45, 7) is 0.189. The van der Waals surface area contributed by atoms with Crippen molar-refractivity contribution in [3.63, 3.8) is 0 Å². The summed E-state index contributed by atoms with van der Waals surface area (Å²) >= 11 is 1.40. The van der Waals surface area contributed by atoms with Gasteiger partial charge in [0.05, 0.1) is 28.9 Å². The van der Waals surface area contributed by atoms with Crippen molar-refractivity contribution in [2.75, 3.05) is 7.05 Å². The molecule has 19 heavy (non-hydrogen) atoms. The van der Waals surface area contributed by atoms with Crippen LogP contribution in [0.1, 0.15) is 25.0 Å². The minimum absolute atomic E-state index is 0.189. The van der Waals surface area contributed by atoms with Crippen LogP contribution in [-0.4, -0.2) is 41.1 Å². The van der Waals surface area contributed by atoms with E-state index in [-0.39, 0.29) is 6.54 Å². The molecule has 1 aromatic heterocycles. The lowest BCUT2D eigenvalue weighted by molar-refractivity contribution is -0.141. The Bertz CT molecular complexity index is 541. The molecule has 0 radical (unpaired) electrons. The SMILES string of the molecule is CN(Cc1cscn1)S(=O)(=O)C1CCCC1C(=O)O. The van der Waals surface area contributed by atoms with Crippen LogP contribution < -0.4 is 0 Å². The van der Waals surface area contributed by atoms with E-state index in [0.29, 0.717) is 25.0 Å². The average molecular weight is 304 g/mol. The second-order valence-corrected chi connectivity index (χ2v) is 7.67. The van der Waals surface area contributed by atoms with Gasteiger partial charge in [0, 0.05) is 12.4 Å². The van der Waals surface area contributed by atoms with Gasteiger partial charge in [-0.05, 0) is 12.8 Å². The maximum Gasteiger partial charge on any atom is 0.307 e. The van der Waals surface area contributed by atoms with Crippen LogP contribution in [0.15, 0.2) is 10.9 Å². The van der Waals surface area contributed by atoms with Crippen LogP contribution in [0, 0.1) is 5.92 Å². The van der Waals surface area contributed by atoms with Gasteiger partial charge in [-0.3, -0.25) is 4.79 Å². The molecular weight excluding hydrogens is 288 g/mol. The molecule has 0 amide bonds. The van der Waals surface area contributed by atoms with Crippen LogP contribution in [0.2, 0.25) is 0 Å². The summed E-state index contributed by atoms with van der Waals surface area (Å²) in [4.78, 5) is 15.2. The molecule has 1 N–H and O–H groups in total. The lowest BCUT2D eigenvalue weighted by atomic mass is 10.1. The molecule has 0 spiro atoms. The number of carboxylic acids is 1. The first-order valence-electron chi connectivity index (χ1n) is 5.98. The van der Waals surface area contributed by atoms with Crippen molar-refractivity contribution in [2.45, 2.75) is 31.1 Å². The third-order valence-electron chi connectivity index (χ3n) is 3.45. The third-order valence-corrected chi connectivity index (χ3v) is 6.42. The van der Waals surface area contributed by atoms with Crippen LogP contribution in [0.3, 0.4) is 0 Å². The van der Waals surface area contributed by atoms with Crippen LogP contribution in [0.4, 0.5) is 0 Å². The first-order valence-corrected chi connectivity index (χ1v) is 8.42. The highest BCUT2D eigenvalue weighted by atomic mass is 32.2. The van der Waals surface area contributed by atoms with Gasteiger partial charge in [-0.15, -0.1) is 11.3 Å². The van der Waals surface area contributed by atoms with Crippen molar-refractivity contribution in [1.82, 2.24) is 9.29 Å². The molecule has 1 saturated carbocycles. The van der Waals surface area contributed by atoms with E-state index in [1.807, 2.05) is 0 Å². The molecule has 0 aromatic carbocycles. The van der Waals surface area contributed by atoms with Crippen molar-refractivity contribution in [3.8, 4) is 0 Å². The second kappa shape index (κ2) is 5.56. The maximum atomic E-state index is 12.4. The summed E-state index contributed by atoms with van der Waals surface area (Å²) in [5.41, 5.74) is 2.33. The fraction of sp³-hybridized carbons (Fsp3) is 0.636. The Balaban J connectivity index is 2.15. The predicted octanol–water partition coefficient (Wildman–Crippen LogP) is 1.16. The van der Waals surface area contributed by atoms with Crippen molar-refractivity contribution in [3.05, 3.63) is 16.6 Å². The van der Waals surface area contributed by atoms with E-state index in [1.165, 1.54) is 22.7 Å². The number of carbonyl (C=O) groups is 1. The molecule has 8 heteroatoms. The quantitative estimate of drug-likeness (QED) is 0.882. The van der Waals surface area contributed by atoms with Gasteiger partial charge < -0.3 is 5.11 Å². The van der Waals surface area contributed by atoms with E-state index in [1.54, 1.807) is 10.9 Å². The number of aromatic nitrogens is 1. The highest BCUT2D eigenvalue weighted by Crippen LogP contribution is 2.33. The Morgan fingerprint density at radius 3 is 2.89 bits per heavy atom. The van der Waals surface area contributed by atoms with Gasteiger partial charge in [0.15, 0.2) is 0 Å². The van der Waals surface area contributed by atoms with Gasteiger partial charge in [-0.25, -0.2) is 13.4 Å². The summed E-state index contributed by atoms with van der Waals surface area (Å²) in [5, 5.41) is 10.1. The zero-order valence-electron chi connectivity index (χ0n) is 10.5. The third kappa shape index (κ3) is 2.96. The normalized spacial score (nSPS) is 23.9. The van der Waals surface area contributed by atoms with Crippen LogP contribution in [0.25, 0.3) is 0 Å². The number of carboxylic acid groups (broad SMARTS) is 1. The number of rotatable bonds is 5. The fourth-order valence-electron chi connectivity index (χ4n) is 2.43. The molecule has 2 atom stereocenters. The van der Waals surface area contributed by atoms with Crippen molar-refractivity contribution in [2.24, 2.45) is 5.92 Å². The molecule has 0 aliphatic heterocycles. The maximum absolute atomic E-state index is 12.4. The summed E-state index contributed by atoms with van der Waals surface area (Å²) in [5.74, 6) is -1.81. The van der Waals surface area contributed by atoms with Gasteiger partial charge in [0.25, 0.3) is 0 Å². The van der Waals surface area contributed by atoms with Crippen LogP contribution in [-0.2, 0) is 21.4 Å². The molecule has 1 fully saturated rings. The Morgan fingerprint density at radius 2 is 2.32 bits per heavy atom. The summed E-state index contributed by atoms with van der Waals surface area (Å²) in [6, 6.07) is 0. The Labute approximate surface area is 116 Å². The number of nitrogens with zero attached hydrogens (tertiary/aromatic N) is 2. The van der Waals surface area contributed by atoms with E-state index in [4.69, 9.17) is 5.11 Å². The van der Waals surface area contributed by atoms with Crippen LogP contribution >= 0.6 is 11.3 Å². The lowest BCUT2D eigenvalue weighted by Crippen LogP contribution is -2.40. The monoisotopic (exact) mass is 304 g/mol. The van der Waals surface area contributed by atoms with Crippen molar-refractivity contribution >= 4 is 27.3 Å². The number of hydrogen-bond acceptors (Lipinski definition) is 5. The molecule has 0 bridgehead atoms. The number of sulfonamides is 1. The number of hydrogen-bond donors (Lipinski definition) is 1. The summed E-state index contributed by atoms with van der Waals surface area (Å²) < 4.78 is 26.0. The molecular formula is C11H16N2O4S2. The van der Waals surface area contributed by atoms with E-state index >= 15 is 0 Å². The molecule has 1 aliphatic rings. The Hall–Kier alpha value is -0.990. The van der Waals surface area contributed by atoms with E-state index in [9.17, 15) is 13.2 Å². The summed E-state index contributed by atoms with van der Waals surface area (Å²) in [6.07, 6.45) is 1.50. The lowest BCUT2D eigenvalue weighted by Gasteiger charge is -2.23. The highest BCUT2D eigenvalue weighted by Gasteiger charge is 2.43. The minimum Gasteiger partial charge on any atom is -0.481 e. The first kappa shape index (κ1) is 14.4. The topological polar surface area (TPSA) is 87.6 Å². The Morgan fingerprint density at radius 1 is 1.58 bits per heavy atom. The molecule has 1 aliphatic carbocycles. The smallest absolute Gasteiger partial charge is 0.307 e. The molecule has 106 valence electrons. The number of thiazole rings is 1. The summed E-state index contributed by atoms with van der Waals surface area (Å²) in [7, 11) is -2.11. The van der Waals surface area contributed by atoms with Gasteiger partial charge in [-0.2, -0.15) is 4.31 Å².